The van der Waals surface area contributed by atoms with Gasteiger partial charge in [-0.2, -0.15) is 5.26 Å². The van der Waals surface area contributed by atoms with Crippen LogP contribution >= 0.6 is 0 Å². The molecule has 2 aromatic rings. The van der Waals surface area contributed by atoms with E-state index in [1.807, 2.05) is 6.07 Å². The molecule has 84 valence electrons. The van der Waals surface area contributed by atoms with Gasteiger partial charge in [-0.3, -0.25) is 0 Å². The van der Waals surface area contributed by atoms with Crippen LogP contribution in [0.15, 0.2) is 24.3 Å². The zero-order chi connectivity index (χ0) is 11.4. The van der Waals surface area contributed by atoms with Gasteiger partial charge in [0.15, 0.2) is 0 Å². The first-order valence-corrected chi connectivity index (χ1v) is 6.41. The number of rotatable bonds is 0. The third-order valence-corrected chi connectivity index (χ3v) is 4.35. The molecule has 1 saturated carbocycles. The van der Waals surface area contributed by atoms with Crippen LogP contribution in [0.5, 0.6) is 0 Å². The topological polar surface area (TPSA) is 28.7 Å². The fraction of sp³-hybridized carbons (Fsp3) is 0.400. The average Bonchev–Trinajstić information content (AvgIpc) is 3.07. The Morgan fingerprint density at radius 1 is 1.29 bits per heavy atom. The van der Waals surface area contributed by atoms with Crippen molar-refractivity contribution >= 4 is 10.9 Å². The molecule has 17 heavy (non-hydrogen) atoms. The SMILES string of the molecule is N#Cc1c2n(c3ccccc13)CCCC1CC21. The lowest BCUT2D eigenvalue weighted by Gasteiger charge is -2.07. The van der Waals surface area contributed by atoms with Crippen molar-refractivity contribution in [3.63, 3.8) is 0 Å². The van der Waals surface area contributed by atoms with Gasteiger partial charge < -0.3 is 4.57 Å². The quantitative estimate of drug-likeness (QED) is 0.671. The van der Waals surface area contributed by atoms with Gasteiger partial charge in [-0.05, 0) is 31.2 Å². The summed E-state index contributed by atoms with van der Waals surface area (Å²) < 4.78 is 2.41. The van der Waals surface area contributed by atoms with Crippen molar-refractivity contribution in [1.82, 2.24) is 4.57 Å². The maximum Gasteiger partial charge on any atom is 0.102 e. The summed E-state index contributed by atoms with van der Waals surface area (Å²) in [5.74, 6) is 1.52. The van der Waals surface area contributed by atoms with Crippen molar-refractivity contribution in [2.24, 2.45) is 5.92 Å². The fourth-order valence-electron chi connectivity index (χ4n) is 3.48. The highest BCUT2D eigenvalue weighted by Gasteiger charge is 2.43. The zero-order valence-electron chi connectivity index (χ0n) is 9.69. The van der Waals surface area contributed by atoms with Gasteiger partial charge in [-0.25, -0.2) is 0 Å². The molecule has 0 radical (unpaired) electrons. The fourth-order valence-corrected chi connectivity index (χ4v) is 3.48. The van der Waals surface area contributed by atoms with E-state index in [1.165, 1.54) is 30.5 Å². The Labute approximate surface area is 100 Å². The van der Waals surface area contributed by atoms with Crippen LogP contribution in [0.3, 0.4) is 0 Å². The summed E-state index contributed by atoms with van der Waals surface area (Å²) in [6, 6.07) is 10.8. The molecule has 2 atom stereocenters. The molecular formula is C15H14N2. The van der Waals surface area contributed by atoms with Gasteiger partial charge in [-0.1, -0.05) is 18.2 Å². The van der Waals surface area contributed by atoms with Crippen LogP contribution in [-0.4, -0.2) is 4.57 Å². The van der Waals surface area contributed by atoms with Crippen LogP contribution in [0.4, 0.5) is 0 Å². The van der Waals surface area contributed by atoms with Gasteiger partial charge in [0.1, 0.15) is 6.07 Å². The Kier molecular flexibility index (Phi) is 1.71. The second-order valence-corrected chi connectivity index (χ2v) is 5.29. The Morgan fingerprint density at radius 3 is 3.06 bits per heavy atom. The van der Waals surface area contributed by atoms with Crippen molar-refractivity contribution in [3.8, 4) is 6.07 Å². The standard InChI is InChI=1S/C15H14N2/c16-9-13-11-5-1-2-6-14(11)17-7-3-4-10-8-12(10)15(13)17/h1-2,5-6,10,12H,3-4,7-8H2. The molecule has 1 aliphatic heterocycles. The van der Waals surface area contributed by atoms with E-state index in [-0.39, 0.29) is 0 Å². The Hall–Kier alpha value is -1.75. The average molecular weight is 222 g/mol. The van der Waals surface area contributed by atoms with E-state index < -0.39 is 0 Å². The number of hydrogen-bond donors (Lipinski definition) is 0. The lowest BCUT2D eigenvalue weighted by atomic mass is 10.1. The minimum atomic E-state index is 0.666. The van der Waals surface area contributed by atoms with Crippen molar-refractivity contribution in [2.45, 2.75) is 31.7 Å². The lowest BCUT2D eigenvalue weighted by molar-refractivity contribution is 0.610. The molecule has 2 heterocycles. The maximum absolute atomic E-state index is 9.45. The van der Waals surface area contributed by atoms with Gasteiger partial charge in [-0.15, -0.1) is 0 Å². The van der Waals surface area contributed by atoms with Gasteiger partial charge in [0.2, 0.25) is 0 Å². The molecule has 0 amide bonds. The minimum Gasteiger partial charge on any atom is -0.343 e. The number of aromatic nitrogens is 1. The van der Waals surface area contributed by atoms with Crippen LogP contribution < -0.4 is 0 Å². The number of para-hydroxylation sites is 1. The molecule has 1 aliphatic carbocycles. The Bertz CT molecular complexity index is 645. The van der Waals surface area contributed by atoms with E-state index in [4.69, 9.17) is 0 Å². The number of nitriles is 1. The summed E-state index contributed by atoms with van der Waals surface area (Å²) in [5.41, 5.74) is 3.53. The first-order valence-electron chi connectivity index (χ1n) is 6.41. The lowest BCUT2D eigenvalue weighted by Crippen LogP contribution is -2.00. The molecule has 2 unspecified atom stereocenters. The molecule has 2 heteroatoms. The number of hydrogen-bond acceptors (Lipinski definition) is 1. The number of fused-ring (bicyclic) bond motifs is 5. The molecule has 1 fully saturated rings. The first kappa shape index (κ1) is 9.30. The van der Waals surface area contributed by atoms with E-state index in [1.54, 1.807) is 0 Å². The molecule has 1 aromatic carbocycles. The van der Waals surface area contributed by atoms with Gasteiger partial charge >= 0.3 is 0 Å². The highest BCUT2D eigenvalue weighted by Crippen LogP contribution is 2.54. The van der Waals surface area contributed by atoms with Crippen molar-refractivity contribution in [1.29, 1.82) is 5.26 Å². The maximum atomic E-state index is 9.45. The van der Waals surface area contributed by atoms with Crippen LogP contribution in [0.1, 0.15) is 36.4 Å². The zero-order valence-corrected chi connectivity index (χ0v) is 9.69. The number of benzene rings is 1. The second kappa shape index (κ2) is 3.13. The van der Waals surface area contributed by atoms with Gasteiger partial charge in [0, 0.05) is 29.1 Å². The van der Waals surface area contributed by atoms with Crippen molar-refractivity contribution in [3.05, 3.63) is 35.5 Å². The van der Waals surface area contributed by atoms with E-state index >= 15 is 0 Å². The summed E-state index contributed by atoms with van der Waals surface area (Å²) in [4.78, 5) is 0. The minimum absolute atomic E-state index is 0.666. The van der Waals surface area contributed by atoms with Crippen LogP contribution in [0.2, 0.25) is 0 Å². The summed E-state index contributed by atoms with van der Waals surface area (Å²) in [6.45, 7) is 1.09. The van der Waals surface area contributed by atoms with E-state index in [9.17, 15) is 5.26 Å². The van der Waals surface area contributed by atoms with E-state index in [2.05, 4.69) is 28.8 Å². The van der Waals surface area contributed by atoms with Crippen molar-refractivity contribution in [2.75, 3.05) is 0 Å². The van der Waals surface area contributed by atoms with Gasteiger partial charge in [0.05, 0.1) is 5.56 Å². The third kappa shape index (κ3) is 1.14. The second-order valence-electron chi connectivity index (χ2n) is 5.29. The largest absolute Gasteiger partial charge is 0.343 e. The molecular weight excluding hydrogens is 208 g/mol. The van der Waals surface area contributed by atoms with Gasteiger partial charge in [0.25, 0.3) is 0 Å². The highest BCUT2D eigenvalue weighted by atomic mass is 15.0. The molecule has 2 nitrogen and oxygen atoms in total. The Morgan fingerprint density at radius 2 is 2.18 bits per heavy atom. The molecule has 4 rings (SSSR count). The molecule has 0 N–H and O–H groups in total. The molecule has 1 aromatic heterocycles. The monoisotopic (exact) mass is 222 g/mol. The molecule has 0 bridgehead atoms. The predicted molar refractivity (Wildman–Crippen MR) is 66.7 cm³/mol. The molecule has 2 aliphatic rings. The summed E-state index contributed by atoms with van der Waals surface area (Å²) >= 11 is 0. The first-order chi connectivity index (χ1) is 8.40. The van der Waals surface area contributed by atoms with E-state index in [0.29, 0.717) is 5.92 Å². The summed E-state index contributed by atoms with van der Waals surface area (Å²) in [7, 11) is 0. The predicted octanol–water partition coefficient (Wildman–Crippen LogP) is 3.41. The van der Waals surface area contributed by atoms with E-state index in [0.717, 1.165) is 23.4 Å². The number of aryl methyl sites for hydroxylation is 1. The normalized spacial score (nSPS) is 25.8. The van der Waals surface area contributed by atoms with Crippen molar-refractivity contribution < 1.29 is 0 Å². The molecule has 0 saturated heterocycles. The third-order valence-electron chi connectivity index (χ3n) is 4.35. The van der Waals surface area contributed by atoms with Crippen LogP contribution in [0.25, 0.3) is 10.9 Å². The smallest absolute Gasteiger partial charge is 0.102 e. The number of nitrogens with zero attached hydrogens (tertiary/aromatic N) is 2. The highest BCUT2D eigenvalue weighted by molar-refractivity contribution is 5.88. The van der Waals surface area contributed by atoms with Crippen LogP contribution in [-0.2, 0) is 6.54 Å². The summed E-state index contributed by atoms with van der Waals surface area (Å²) in [6.07, 6.45) is 3.90. The Balaban J connectivity index is 2.10. The summed E-state index contributed by atoms with van der Waals surface area (Å²) in [5, 5.41) is 10.6. The molecule has 0 spiro atoms. The van der Waals surface area contributed by atoms with Crippen LogP contribution in [0, 0.1) is 17.2 Å².